The van der Waals surface area contributed by atoms with Crippen LogP contribution in [-0.2, 0) is 6.54 Å². The minimum atomic E-state index is 0.0616. The smallest absolute Gasteiger partial charge is 0.261 e. The zero-order valence-corrected chi connectivity index (χ0v) is 12.8. The van der Waals surface area contributed by atoms with E-state index in [0.717, 1.165) is 37.5 Å². The molecule has 1 N–H and O–H groups in total. The molecule has 1 amide bonds. The molecule has 0 saturated carbocycles. The molecule has 0 radical (unpaired) electrons. The molecule has 2 heterocycles. The molecule has 1 aliphatic rings. The monoisotopic (exact) mass is 300 g/mol. The summed E-state index contributed by atoms with van der Waals surface area (Å²) >= 11 is 1.49. The van der Waals surface area contributed by atoms with Crippen LogP contribution in [0.5, 0.6) is 0 Å². The van der Waals surface area contributed by atoms with E-state index in [2.05, 4.69) is 40.5 Å². The number of nitrogens with one attached hydrogen (secondary N) is 1. The summed E-state index contributed by atoms with van der Waals surface area (Å²) in [6.45, 7) is 3.98. The van der Waals surface area contributed by atoms with Crippen LogP contribution in [0.25, 0.3) is 0 Å². The lowest BCUT2D eigenvalue weighted by Crippen LogP contribution is -2.30. The van der Waals surface area contributed by atoms with Gasteiger partial charge in [-0.15, -0.1) is 11.3 Å². The molecule has 4 heteroatoms. The molecule has 1 aromatic heterocycles. The number of hydrogen-bond donors (Lipinski definition) is 1. The van der Waals surface area contributed by atoms with Gasteiger partial charge in [0.15, 0.2) is 0 Å². The molecule has 1 fully saturated rings. The van der Waals surface area contributed by atoms with Gasteiger partial charge in [0, 0.05) is 19.6 Å². The topological polar surface area (TPSA) is 32.3 Å². The zero-order chi connectivity index (χ0) is 14.5. The summed E-state index contributed by atoms with van der Waals surface area (Å²) in [6, 6.07) is 14.4. The fourth-order valence-corrected chi connectivity index (χ4v) is 3.44. The second-order valence-corrected chi connectivity index (χ2v) is 6.51. The van der Waals surface area contributed by atoms with Crippen LogP contribution in [0.1, 0.15) is 21.7 Å². The van der Waals surface area contributed by atoms with E-state index in [1.54, 1.807) is 0 Å². The normalized spacial score (nSPS) is 18.8. The summed E-state index contributed by atoms with van der Waals surface area (Å²) in [5, 5.41) is 4.99. The Morgan fingerprint density at radius 1 is 1.24 bits per heavy atom. The molecule has 1 aromatic carbocycles. The van der Waals surface area contributed by atoms with Crippen molar-refractivity contribution in [1.82, 2.24) is 10.2 Å². The maximum atomic E-state index is 11.9. The third-order valence-electron chi connectivity index (χ3n) is 3.92. The van der Waals surface area contributed by atoms with Gasteiger partial charge in [0.25, 0.3) is 5.91 Å². The van der Waals surface area contributed by atoms with Crippen molar-refractivity contribution in [2.24, 2.45) is 5.92 Å². The number of thiophene rings is 1. The molecule has 0 unspecified atom stereocenters. The van der Waals surface area contributed by atoms with E-state index in [1.165, 1.54) is 16.9 Å². The first-order valence-electron chi connectivity index (χ1n) is 7.39. The number of amides is 1. The van der Waals surface area contributed by atoms with Crippen LogP contribution in [0.3, 0.4) is 0 Å². The zero-order valence-electron chi connectivity index (χ0n) is 12.0. The fourth-order valence-electron chi connectivity index (χ4n) is 2.80. The second kappa shape index (κ2) is 6.87. The summed E-state index contributed by atoms with van der Waals surface area (Å²) in [4.78, 5) is 15.2. The van der Waals surface area contributed by atoms with Gasteiger partial charge in [0.05, 0.1) is 4.88 Å². The van der Waals surface area contributed by atoms with Crippen LogP contribution in [0.2, 0.25) is 0 Å². The van der Waals surface area contributed by atoms with E-state index in [4.69, 9.17) is 0 Å². The van der Waals surface area contributed by atoms with Gasteiger partial charge in [-0.3, -0.25) is 9.69 Å². The molecule has 0 spiro atoms. The SMILES string of the molecule is O=C(NC[C@@H]1CCN(Cc2ccccc2)C1)c1cccs1. The van der Waals surface area contributed by atoms with Gasteiger partial charge in [-0.1, -0.05) is 36.4 Å². The number of carbonyl (C=O) groups excluding carboxylic acids is 1. The van der Waals surface area contributed by atoms with Crippen molar-refractivity contribution in [3.8, 4) is 0 Å². The number of likely N-dealkylation sites (tertiary alicyclic amines) is 1. The van der Waals surface area contributed by atoms with Crippen molar-refractivity contribution in [2.45, 2.75) is 13.0 Å². The first-order valence-corrected chi connectivity index (χ1v) is 8.27. The van der Waals surface area contributed by atoms with Crippen molar-refractivity contribution in [3.05, 3.63) is 58.3 Å². The second-order valence-electron chi connectivity index (χ2n) is 5.56. The highest BCUT2D eigenvalue weighted by atomic mass is 32.1. The van der Waals surface area contributed by atoms with Gasteiger partial charge in [-0.25, -0.2) is 0 Å². The Kier molecular flexibility index (Phi) is 4.68. The number of rotatable bonds is 5. The Morgan fingerprint density at radius 3 is 2.86 bits per heavy atom. The van der Waals surface area contributed by atoms with Crippen LogP contribution < -0.4 is 5.32 Å². The minimum absolute atomic E-state index is 0.0616. The fraction of sp³-hybridized carbons (Fsp3) is 0.353. The molecular formula is C17H20N2OS. The maximum absolute atomic E-state index is 11.9. The maximum Gasteiger partial charge on any atom is 0.261 e. The molecular weight excluding hydrogens is 280 g/mol. The molecule has 1 saturated heterocycles. The van der Waals surface area contributed by atoms with Crippen molar-refractivity contribution >= 4 is 17.2 Å². The first-order chi connectivity index (χ1) is 10.3. The van der Waals surface area contributed by atoms with Crippen molar-refractivity contribution in [3.63, 3.8) is 0 Å². The van der Waals surface area contributed by atoms with Crippen molar-refractivity contribution in [1.29, 1.82) is 0 Å². The van der Waals surface area contributed by atoms with E-state index < -0.39 is 0 Å². The number of benzene rings is 1. The minimum Gasteiger partial charge on any atom is -0.351 e. The lowest BCUT2D eigenvalue weighted by molar-refractivity contribution is 0.0951. The van der Waals surface area contributed by atoms with Crippen LogP contribution in [0.4, 0.5) is 0 Å². The Labute approximate surface area is 129 Å². The Bertz CT molecular complexity index is 568. The predicted molar refractivity (Wildman–Crippen MR) is 86.5 cm³/mol. The van der Waals surface area contributed by atoms with Gasteiger partial charge >= 0.3 is 0 Å². The lowest BCUT2D eigenvalue weighted by Gasteiger charge is -2.16. The van der Waals surface area contributed by atoms with E-state index in [1.807, 2.05) is 17.5 Å². The van der Waals surface area contributed by atoms with Crippen LogP contribution in [0.15, 0.2) is 47.8 Å². The molecule has 21 heavy (non-hydrogen) atoms. The van der Waals surface area contributed by atoms with Gasteiger partial charge < -0.3 is 5.32 Å². The summed E-state index contributed by atoms with van der Waals surface area (Å²) in [5.74, 6) is 0.629. The number of carbonyl (C=O) groups is 1. The summed E-state index contributed by atoms with van der Waals surface area (Å²) in [7, 11) is 0. The third-order valence-corrected chi connectivity index (χ3v) is 4.78. The molecule has 2 aromatic rings. The van der Waals surface area contributed by atoms with Gasteiger partial charge in [-0.2, -0.15) is 0 Å². The number of nitrogens with zero attached hydrogens (tertiary/aromatic N) is 1. The van der Waals surface area contributed by atoms with Gasteiger partial charge in [0.2, 0.25) is 0 Å². The molecule has 3 nitrogen and oxygen atoms in total. The highest BCUT2D eigenvalue weighted by molar-refractivity contribution is 7.12. The molecule has 0 bridgehead atoms. The first kappa shape index (κ1) is 14.3. The Morgan fingerprint density at radius 2 is 2.10 bits per heavy atom. The van der Waals surface area contributed by atoms with E-state index in [9.17, 15) is 4.79 Å². The van der Waals surface area contributed by atoms with Gasteiger partial charge in [0.1, 0.15) is 0 Å². The van der Waals surface area contributed by atoms with Gasteiger partial charge in [-0.05, 0) is 35.9 Å². The average Bonchev–Trinajstić information content (AvgIpc) is 3.17. The molecule has 1 aliphatic heterocycles. The number of hydrogen-bond acceptors (Lipinski definition) is 3. The van der Waals surface area contributed by atoms with E-state index in [0.29, 0.717) is 5.92 Å². The quantitative estimate of drug-likeness (QED) is 0.920. The van der Waals surface area contributed by atoms with Crippen molar-refractivity contribution in [2.75, 3.05) is 19.6 Å². The highest BCUT2D eigenvalue weighted by Crippen LogP contribution is 2.18. The highest BCUT2D eigenvalue weighted by Gasteiger charge is 2.23. The Hall–Kier alpha value is -1.65. The molecule has 110 valence electrons. The lowest BCUT2D eigenvalue weighted by atomic mass is 10.1. The Balaban J connectivity index is 1.44. The van der Waals surface area contributed by atoms with Crippen LogP contribution in [-0.4, -0.2) is 30.4 Å². The molecule has 3 rings (SSSR count). The predicted octanol–water partition coefficient (Wildman–Crippen LogP) is 3.00. The standard InChI is InChI=1S/C17H20N2OS/c20-17(16-7-4-10-21-16)18-11-15-8-9-19(13-15)12-14-5-2-1-3-6-14/h1-7,10,15H,8-9,11-13H2,(H,18,20)/t15-/m0/s1. The summed E-state index contributed by atoms with van der Waals surface area (Å²) in [6.07, 6.45) is 1.16. The van der Waals surface area contributed by atoms with E-state index >= 15 is 0 Å². The average molecular weight is 300 g/mol. The van der Waals surface area contributed by atoms with Crippen LogP contribution >= 0.6 is 11.3 Å². The van der Waals surface area contributed by atoms with Crippen LogP contribution in [0, 0.1) is 5.92 Å². The molecule has 1 atom stereocenters. The largest absolute Gasteiger partial charge is 0.351 e. The third kappa shape index (κ3) is 3.93. The summed E-state index contributed by atoms with van der Waals surface area (Å²) in [5.41, 5.74) is 1.36. The summed E-state index contributed by atoms with van der Waals surface area (Å²) < 4.78 is 0. The van der Waals surface area contributed by atoms with Crippen molar-refractivity contribution < 1.29 is 4.79 Å². The molecule has 0 aliphatic carbocycles. The van der Waals surface area contributed by atoms with E-state index in [-0.39, 0.29) is 5.91 Å².